The van der Waals surface area contributed by atoms with E-state index in [0.717, 1.165) is 25.8 Å². The van der Waals surface area contributed by atoms with Gasteiger partial charge in [-0.15, -0.1) is 0 Å². The average Bonchev–Trinajstić information content (AvgIpc) is 2.77. The van der Waals surface area contributed by atoms with Gasteiger partial charge in [0.05, 0.1) is 11.6 Å². The van der Waals surface area contributed by atoms with Crippen LogP contribution in [0.15, 0.2) is 39.7 Å². The van der Waals surface area contributed by atoms with Gasteiger partial charge in [-0.3, -0.25) is 4.79 Å². The first kappa shape index (κ1) is 16.2. The number of nitrogens with one attached hydrogen (secondary N) is 1. The summed E-state index contributed by atoms with van der Waals surface area (Å²) in [6.07, 6.45) is 4.65. The second-order valence-electron chi connectivity index (χ2n) is 8.77. The third kappa shape index (κ3) is 2.92. The lowest BCUT2D eigenvalue weighted by atomic mass is 9.65. The van der Waals surface area contributed by atoms with E-state index < -0.39 is 0 Å². The molecule has 4 rings (SSSR count). The predicted octanol–water partition coefficient (Wildman–Crippen LogP) is 4.23. The maximum absolute atomic E-state index is 12.8. The number of nitrogens with zero attached hydrogens (tertiary/aromatic N) is 1. The zero-order valence-corrected chi connectivity index (χ0v) is 15.0. The molecule has 5 nitrogen and oxygen atoms in total. The van der Waals surface area contributed by atoms with E-state index in [1.54, 1.807) is 18.2 Å². The van der Waals surface area contributed by atoms with Gasteiger partial charge in [-0.2, -0.15) is 0 Å². The Hall–Kier alpha value is -2.30. The Labute approximate surface area is 147 Å². The molecule has 25 heavy (non-hydrogen) atoms. The largest absolute Gasteiger partial charge is 0.464 e. The zero-order valence-electron chi connectivity index (χ0n) is 15.0. The standard InChI is InChI=1S/C20H24N2O3/c1-19(2)9-14-10-20(3,11-19)12-22(14)18(24)21-13-4-5-17-15(8-13)16(23)6-7-25-17/h4-8,14H,9-12H2,1-3H3,(H,21,24)/t14-,20-/m1/s1. The third-order valence-electron chi connectivity index (χ3n) is 5.59. The van der Waals surface area contributed by atoms with Gasteiger partial charge in [0.25, 0.3) is 0 Å². The van der Waals surface area contributed by atoms with Gasteiger partial charge in [0.2, 0.25) is 0 Å². The minimum absolute atomic E-state index is 0.0777. The van der Waals surface area contributed by atoms with E-state index in [-0.39, 0.29) is 22.3 Å². The molecule has 2 fully saturated rings. The number of amides is 2. The number of benzene rings is 1. The maximum Gasteiger partial charge on any atom is 0.322 e. The van der Waals surface area contributed by atoms with Crippen molar-refractivity contribution in [3.8, 4) is 0 Å². The molecule has 2 heterocycles. The highest BCUT2D eigenvalue weighted by Crippen LogP contribution is 2.52. The van der Waals surface area contributed by atoms with Crippen LogP contribution in [0.2, 0.25) is 0 Å². The molecule has 1 aliphatic heterocycles. The van der Waals surface area contributed by atoms with Gasteiger partial charge in [-0.25, -0.2) is 4.79 Å². The van der Waals surface area contributed by atoms with E-state index in [0.29, 0.717) is 22.7 Å². The van der Waals surface area contributed by atoms with Crippen LogP contribution in [-0.2, 0) is 0 Å². The highest BCUT2D eigenvalue weighted by Gasteiger charge is 2.50. The molecule has 2 bridgehead atoms. The molecule has 0 spiro atoms. The number of anilines is 1. The van der Waals surface area contributed by atoms with E-state index in [9.17, 15) is 9.59 Å². The molecule has 1 saturated carbocycles. The molecular weight excluding hydrogens is 316 g/mol. The Balaban J connectivity index is 1.57. The second kappa shape index (κ2) is 5.35. The van der Waals surface area contributed by atoms with Crippen LogP contribution in [0.1, 0.15) is 40.0 Å². The Morgan fingerprint density at radius 3 is 2.84 bits per heavy atom. The summed E-state index contributed by atoms with van der Waals surface area (Å²) >= 11 is 0. The quantitative estimate of drug-likeness (QED) is 0.845. The summed E-state index contributed by atoms with van der Waals surface area (Å²) in [5, 5.41) is 3.45. The lowest BCUT2D eigenvalue weighted by Gasteiger charge is -2.39. The first-order valence-electron chi connectivity index (χ1n) is 8.84. The van der Waals surface area contributed by atoms with E-state index in [1.807, 2.05) is 4.90 Å². The monoisotopic (exact) mass is 340 g/mol. The summed E-state index contributed by atoms with van der Waals surface area (Å²) in [6.45, 7) is 7.67. The number of fused-ring (bicyclic) bond motifs is 3. The summed E-state index contributed by atoms with van der Waals surface area (Å²) in [6, 6.07) is 6.79. The molecule has 2 amide bonds. The van der Waals surface area contributed by atoms with Gasteiger partial charge in [0.1, 0.15) is 5.58 Å². The number of urea groups is 1. The van der Waals surface area contributed by atoms with Crippen molar-refractivity contribution in [1.29, 1.82) is 0 Å². The fourth-order valence-electron chi connectivity index (χ4n) is 5.05. The summed E-state index contributed by atoms with van der Waals surface area (Å²) in [5.74, 6) is 0. The van der Waals surface area contributed by atoms with Gasteiger partial charge in [-0.1, -0.05) is 20.8 Å². The normalized spacial score (nSPS) is 27.5. The third-order valence-corrected chi connectivity index (χ3v) is 5.59. The molecule has 0 radical (unpaired) electrons. The van der Waals surface area contributed by atoms with Crippen LogP contribution in [0.25, 0.3) is 11.0 Å². The Kier molecular flexibility index (Phi) is 3.46. The molecule has 1 saturated heterocycles. The van der Waals surface area contributed by atoms with Crippen molar-refractivity contribution >= 4 is 22.7 Å². The minimum Gasteiger partial charge on any atom is -0.464 e. The number of hydrogen-bond donors (Lipinski definition) is 1. The highest BCUT2D eigenvalue weighted by molar-refractivity contribution is 5.92. The molecule has 2 atom stereocenters. The summed E-state index contributed by atoms with van der Waals surface area (Å²) < 4.78 is 5.32. The SMILES string of the molecule is CC1(C)C[C@@H]2C[C@@](C)(CN2C(=O)Nc2ccc3occc(=O)c3c2)C1. The summed E-state index contributed by atoms with van der Waals surface area (Å²) in [5.41, 5.74) is 1.52. The van der Waals surface area contributed by atoms with Crippen LogP contribution in [-0.4, -0.2) is 23.5 Å². The average molecular weight is 340 g/mol. The number of carbonyl (C=O) groups is 1. The fraction of sp³-hybridized carbons (Fsp3) is 0.500. The topological polar surface area (TPSA) is 62.6 Å². The van der Waals surface area contributed by atoms with Crippen LogP contribution in [0, 0.1) is 10.8 Å². The predicted molar refractivity (Wildman–Crippen MR) is 97.7 cm³/mol. The number of likely N-dealkylation sites (tertiary alicyclic amines) is 1. The fourth-order valence-corrected chi connectivity index (χ4v) is 5.05. The molecule has 1 aliphatic carbocycles. The van der Waals surface area contributed by atoms with Crippen molar-refractivity contribution < 1.29 is 9.21 Å². The number of hydrogen-bond acceptors (Lipinski definition) is 3. The van der Waals surface area contributed by atoms with E-state index >= 15 is 0 Å². The molecule has 132 valence electrons. The van der Waals surface area contributed by atoms with Crippen molar-refractivity contribution in [3.05, 3.63) is 40.8 Å². The van der Waals surface area contributed by atoms with E-state index in [1.165, 1.54) is 12.3 Å². The van der Waals surface area contributed by atoms with Crippen molar-refractivity contribution in [2.24, 2.45) is 10.8 Å². The smallest absolute Gasteiger partial charge is 0.322 e. The first-order chi connectivity index (χ1) is 11.7. The number of carbonyl (C=O) groups excluding carboxylic acids is 1. The van der Waals surface area contributed by atoms with Gasteiger partial charge >= 0.3 is 6.03 Å². The van der Waals surface area contributed by atoms with Crippen LogP contribution in [0.3, 0.4) is 0 Å². The minimum atomic E-state index is -0.108. The van der Waals surface area contributed by atoms with Gasteiger partial charge in [-0.05, 0) is 48.3 Å². The van der Waals surface area contributed by atoms with Crippen LogP contribution in [0.5, 0.6) is 0 Å². The number of rotatable bonds is 1. The molecule has 1 aromatic carbocycles. The Morgan fingerprint density at radius 2 is 2.04 bits per heavy atom. The lowest BCUT2D eigenvalue weighted by molar-refractivity contribution is 0.130. The first-order valence-corrected chi connectivity index (χ1v) is 8.84. The Bertz CT molecular complexity index is 901. The second-order valence-corrected chi connectivity index (χ2v) is 8.77. The summed E-state index contributed by atoms with van der Waals surface area (Å²) in [7, 11) is 0. The van der Waals surface area contributed by atoms with Crippen molar-refractivity contribution in [3.63, 3.8) is 0 Å². The Morgan fingerprint density at radius 1 is 1.24 bits per heavy atom. The molecular formula is C20H24N2O3. The van der Waals surface area contributed by atoms with Gasteiger partial charge < -0.3 is 14.6 Å². The van der Waals surface area contributed by atoms with E-state index in [2.05, 4.69) is 26.1 Å². The maximum atomic E-state index is 12.8. The zero-order chi connectivity index (χ0) is 17.8. The van der Waals surface area contributed by atoms with E-state index in [4.69, 9.17) is 4.42 Å². The molecule has 1 aromatic heterocycles. The van der Waals surface area contributed by atoms with Gasteiger partial charge in [0.15, 0.2) is 5.43 Å². The molecule has 5 heteroatoms. The highest BCUT2D eigenvalue weighted by atomic mass is 16.3. The molecule has 2 aliphatic rings. The molecule has 0 unspecified atom stereocenters. The van der Waals surface area contributed by atoms with Crippen LogP contribution in [0.4, 0.5) is 10.5 Å². The van der Waals surface area contributed by atoms with Crippen LogP contribution >= 0.6 is 0 Å². The van der Waals surface area contributed by atoms with Gasteiger partial charge in [0, 0.05) is 24.3 Å². The summed E-state index contributed by atoms with van der Waals surface area (Å²) in [4.78, 5) is 26.8. The lowest BCUT2D eigenvalue weighted by Crippen LogP contribution is -2.40. The van der Waals surface area contributed by atoms with Crippen LogP contribution < -0.4 is 10.7 Å². The van der Waals surface area contributed by atoms with Crippen molar-refractivity contribution in [1.82, 2.24) is 4.90 Å². The molecule has 1 N–H and O–H groups in total. The van der Waals surface area contributed by atoms with Crippen molar-refractivity contribution in [2.45, 2.75) is 46.1 Å². The molecule has 2 aromatic rings. The van der Waals surface area contributed by atoms with Crippen molar-refractivity contribution in [2.75, 3.05) is 11.9 Å².